The number of alkyl halides is 3. The maximum absolute atomic E-state index is 12.5. The molecule has 1 aromatic rings. The van der Waals surface area contributed by atoms with Crippen molar-refractivity contribution in [3.8, 4) is 0 Å². The molecule has 0 aliphatic heterocycles. The van der Waals surface area contributed by atoms with E-state index in [9.17, 15) is 13.2 Å². The third kappa shape index (κ3) is 2.07. The molecule has 0 amide bonds. The van der Waals surface area contributed by atoms with Crippen LogP contribution in [0.2, 0.25) is 0 Å². The van der Waals surface area contributed by atoms with E-state index in [1.807, 2.05) is 0 Å². The fourth-order valence-electron chi connectivity index (χ4n) is 1.95. The van der Waals surface area contributed by atoms with Gasteiger partial charge >= 0.3 is 6.18 Å². The van der Waals surface area contributed by atoms with Crippen molar-refractivity contribution in [2.24, 2.45) is 11.7 Å². The van der Waals surface area contributed by atoms with Crippen molar-refractivity contribution in [2.45, 2.75) is 31.5 Å². The van der Waals surface area contributed by atoms with Gasteiger partial charge in [0.2, 0.25) is 0 Å². The number of rotatable bonds is 2. The van der Waals surface area contributed by atoms with E-state index in [0.29, 0.717) is 11.5 Å². The van der Waals surface area contributed by atoms with Crippen molar-refractivity contribution in [1.29, 1.82) is 0 Å². The molecule has 1 aliphatic rings. The van der Waals surface area contributed by atoms with Gasteiger partial charge in [-0.15, -0.1) is 0 Å². The summed E-state index contributed by atoms with van der Waals surface area (Å²) in [5.41, 5.74) is 5.40. The van der Waals surface area contributed by atoms with Crippen LogP contribution in [-0.2, 0) is 11.7 Å². The summed E-state index contributed by atoms with van der Waals surface area (Å²) < 4.78 is 37.6. The third-order valence-electron chi connectivity index (χ3n) is 3.24. The highest BCUT2D eigenvalue weighted by molar-refractivity contribution is 5.32. The molecule has 16 heavy (non-hydrogen) atoms. The minimum atomic E-state index is -4.30. The van der Waals surface area contributed by atoms with Crippen molar-refractivity contribution >= 4 is 0 Å². The van der Waals surface area contributed by atoms with Crippen LogP contribution >= 0.6 is 0 Å². The van der Waals surface area contributed by atoms with E-state index in [0.717, 1.165) is 18.9 Å². The van der Waals surface area contributed by atoms with E-state index in [-0.39, 0.29) is 0 Å². The Labute approximate surface area is 92.5 Å². The van der Waals surface area contributed by atoms with Gasteiger partial charge in [-0.25, -0.2) is 0 Å². The van der Waals surface area contributed by atoms with Gasteiger partial charge in [0.1, 0.15) is 0 Å². The van der Waals surface area contributed by atoms with Crippen molar-refractivity contribution in [1.82, 2.24) is 0 Å². The highest BCUT2D eigenvalue weighted by atomic mass is 19.4. The van der Waals surface area contributed by atoms with Gasteiger partial charge in [0.25, 0.3) is 0 Å². The van der Waals surface area contributed by atoms with E-state index in [4.69, 9.17) is 5.73 Å². The lowest BCUT2D eigenvalue weighted by atomic mass is 9.87. The Hall–Kier alpha value is -1.03. The topological polar surface area (TPSA) is 26.0 Å². The Morgan fingerprint density at radius 1 is 1.19 bits per heavy atom. The van der Waals surface area contributed by atoms with E-state index in [1.54, 1.807) is 13.0 Å². The van der Waals surface area contributed by atoms with Crippen molar-refractivity contribution in [3.63, 3.8) is 0 Å². The van der Waals surface area contributed by atoms with E-state index >= 15 is 0 Å². The number of benzene rings is 1. The fourth-order valence-corrected chi connectivity index (χ4v) is 1.95. The molecule has 0 heterocycles. The van der Waals surface area contributed by atoms with Gasteiger partial charge in [-0.3, -0.25) is 0 Å². The molecule has 0 spiro atoms. The van der Waals surface area contributed by atoms with Crippen LogP contribution in [0.15, 0.2) is 24.3 Å². The molecule has 1 atom stereocenters. The van der Waals surface area contributed by atoms with Crippen LogP contribution in [0, 0.1) is 5.92 Å². The maximum Gasteiger partial charge on any atom is 0.416 e. The SMILES string of the molecule is CC(N)(c1cccc(C(F)(F)F)c1)C1CC1. The van der Waals surface area contributed by atoms with Crippen LogP contribution in [0.4, 0.5) is 13.2 Å². The number of hydrogen-bond donors (Lipinski definition) is 1. The van der Waals surface area contributed by atoms with Crippen LogP contribution in [0.25, 0.3) is 0 Å². The minimum absolute atomic E-state index is 0.316. The highest BCUT2D eigenvalue weighted by Crippen LogP contribution is 2.44. The molecular formula is C12H14F3N. The van der Waals surface area contributed by atoms with Gasteiger partial charge < -0.3 is 5.73 Å². The van der Waals surface area contributed by atoms with E-state index in [1.165, 1.54) is 12.1 Å². The molecule has 0 radical (unpaired) electrons. The van der Waals surface area contributed by atoms with Crippen LogP contribution in [0.3, 0.4) is 0 Å². The molecule has 1 saturated carbocycles. The lowest BCUT2D eigenvalue weighted by Gasteiger charge is -2.25. The van der Waals surface area contributed by atoms with Gasteiger partial charge in [0.05, 0.1) is 5.56 Å². The summed E-state index contributed by atoms with van der Waals surface area (Å²) in [6.07, 6.45) is -2.29. The molecule has 1 fully saturated rings. The summed E-state index contributed by atoms with van der Waals surface area (Å²) in [6.45, 7) is 1.81. The Balaban J connectivity index is 2.35. The molecule has 2 rings (SSSR count). The van der Waals surface area contributed by atoms with Gasteiger partial charge in [-0.05, 0) is 43.4 Å². The average Bonchev–Trinajstić information content (AvgIpc) is 3.00. The Morgan fingerprint density at radius 3 is 2.25 bits per heavy atom. The second kappa shape index (κ2) is 3.48. The summed E-state index contributed by atoms with van der Waals surface area (Å²) in [7, 11) is 0. The largest absolute Gasteiger partial charge is 0.416 e. The zero-order valence-electron chi connectivity index (χ0n) is 9.01. The zero-order chi connectivity index (χ0) is 12.0. The Bertz CT molecular complexity index is 391. The second-order valence-electron chi connectivity index (χ2n) is 4.64. The molecule has 4 heteroatoms. The van der Waals surface area contributed by atoms with Crippen LogP contribution < -0.4 is 5.73 Å². The predicted octanol–water partition coefficient (Wildman–Crippen LogP) is 3.29. The lowest BCUT2D eigenvalue weighted by Crippen LogP contribution is -2.35. The molecular weight excluding hydrogens is 215 g/mol. The normalized spacial score (nSPS) is 20.6. The van der Waals surface area contributed by atoms with Crippen molar-refractivity contribution < 1.29 is 13.2 Å². The first-order chi connectivity index (χ1) is 7.32. The maximum atomic E-state index is 12.5. The van der Waals surface area contributed by atoms with Crippen LogP contribution in [0.5, 0.6) is 0 Å². The molecule has 1 nitrogen and oxygen atoms in total. The van der Waals surface area contributed by atoms with Crippen LogP contribution in [-0.4, -0.2) is 0 Å². The second-order valence-corrected chi connectivity index (χ2v) is 4.64. The zero-order valence-corrected chi connectivity index (χ0v) is 9.01. The molecule has 1 aromatic carbocycles. The quantitative estimate of drug-likeness (QED) is 0.827. The average molecular weight is 229 g/mol. The Morgan fingerprint density at radius 2 is 1.75 bits per heavy atom. The van der Waals surface area contributed by atoms with Gasteiger partial charge in [0.15, 0.2) is 0 Å². The minimum Gasteiger partial charge on any atom is -0.321 e. The fraction of sp³-hybridized carbons (Fsp3) is 0.500. The summed E-state index contributed by atoms with van der Waals surface area (Å²) in [5.74, 6) is 0.316. The lowest BCUT2D eigenvalue weighted by molar-refractivity contribution is -0.137. The molecule has 0 aromatic heterocycles. The molecule has 0 saturated heterocycles. The molecule has 1 unspecified atom stereocenters. The molecule has 0 bridgehead atoms. The van der Waals surface area contributed by atoms with E-state index < -0.39 is 17.3 Å². The monoisotopic (exact) mass is 229 g/mol. The first kappa shape index (κ1) is 11.5. The van der Waals surface area contributed by atoms with Crippen LogP contribution in [0.1, 0.15) is 30.9 Å². The standard InChI is InChI=1S/C12H14F3N/c1-11(16,8-5-6-8)9-3-2-4-10(7-9)12(13,14)15/h2-4,7-8H,5-6,16H2,1H3. The first-order valence-electron chi connectivity index (χ1n) is 5.28. The number of nitrogens with two attached hydrogens (primary N) is 1. The van der Waals surface area contributed by atoms with Gasteiger partial charge in [-0.1, -0.05) is 12.1 Å². The predicted molar refractivity (Wildman–Crippen MR) is 55.7 cm³/mol. The summed E-state index contributed by atoms with van der Waals surface area (Å²) >= 11 is 0. The Kier molecular flexibility index (Phi) is 2.49. The smallest absolute Gasteiger partial charge is 0.321 e. The molecule has 88 valence electrons. The van der Waals surface area contributed by atoms with E-state index in [2.05, 4.69) is 0 Å². The van der Waals surface area contributed by atoms with Gasteiger partial charge in [0, 0.05) is 5.54 Å². The summed E-state index contributed by atoms with van der Waals surface area (Å²) in [6, 6.07) is 5.34. The number of halogens is 3. The van der Waals surface area contributed by atoms with Gasteiger partial charge in [-0.2, -0.15) is 13.2 Å². The number of hydrogen-bond acceptors (Lipinski definition) is 1. The summed E-state index contributed by atoms with van der Waals surface area (Å²) in [4.78, 5) is 0. The highest BCUT2D eigenvalue weighted by Gasteiger charge is 2.40. The summed E-state index contributed by atoms with van der Waals surface area (Å²) in [5, 5.41) is 0. The molecule has 1 aliphatic carbocycles. The first-order valence-corrected chi connectivity index (χ1v) is 5.28. The van der Waals surface area contributed by atoms with Crippen molar-refractivity contribution in [2.75, 3.05) is 0 Å². The van der Waals surface area contributed by atoms with Crippen molar-refractivity contribution in [3.05, 3.63) is 35.4 Å². The third-order valence-corrected chi connectivity index (χ3v) is 3.24. The molecule has 2 N–H and O–H groups in total.